The van der Waals surface area contributed by atoms with Gasteiger partial charge in [0.05, 0.1) is 12.1 Å². The lowest BCUT2D eigenvalue weighted by atomic mass is 9.80. The van der Waals surface area contributed by atoms with Crippen molar-refractivity contribution in [1.29, 1.82) is 0 Å². The molecule has 0 spiro atoms. The van der Waals surface area contributed by atoms with Gasteiger partial charge in [-0.05, 0) is 48.2 Å². The molecule has 0 amide bonds. The lowest BCUT2D eigenvalue weighted by Crippen LogP contribution is -2.43. The number of aromatic nitrogens is 4. The van der Waals surface area contributed by atoms with Gasteiger partial charge >= 0.3 is 0 Å². The van der Waals surface area contributed by atoms with E-state index in [1.807, 2.05) is 29.8 Å². The summed E-state index contributed by atoms with van der Waals surface area (Å²) in [4.78, 5) is 0. The maximum Gasteiger partial charge on any atom is 0.182 e. The number of nitrogen functional groups attached to an aromatic ring is 1. The summed E-state index contributed by atoms with van der Waals surface area (Å²) in [6.45, 7) is 2.67. The fourth-order valence-electron chi connectivity index (χ4n) is 2.67. The van der Waals surface area contributed by atoms with Crippen molar-refractivity contribution in [2.75, 3.05) is 12.8 Å². The lowest BCUT2D eigenvalue weighted by molar-refractivity contribution is -0.0855. The molecular weight excluding hydrogens is 254 g/mol. The first kappa shape index (κ1) is 13.1. The normalized spacial score (nSPS) is 16.9. The van der Waals surface area contributed by atoms with Crippen molar-refractivity contribution in [1.82, 2.24) is 20.2 Å². The second kappa shape index (κ2) is 4.86. The highest BCUT2D eigenvalue weighted by Crippen LogP contribution is 2.37. The zero-order valence-corrected chi connectivity index (χ0v) is 11.8. The number of rotatable bonds is 4. The number of hydrogen-bond donors (Lipinski definition) is 1. The van der Waals surface area contributed by atoms with Crippen LogP contribution in [-0.2, 0) is 11.3 Å². The summed E-state index contributed by atoms with van der Waals surface area (Å²) in [6.07, 6.45) is 3.31. The highest BCUT2D eigenvalue weighted by molar-refractivity contribution is 5.67. The molecule has 2 N–H and O–H groups in total. The molecular formula is C14H19N5O. The van der Waals surface area contributed by atoms with Gasteiger partial charge in [-0.3, -0.25) is 0 Å². The van der Waals surface area contributed by atoms with Crippen LogP contribution in [-0.4, -0.2) is 32.9 Å². The molecule has 20 heavy (non-hydrogen) atoms. The molecule has 2 aromatic rings. The molecule has 0 atom stereocenters. The van der Waals surface area contributed by atoms with Crippen LogP contribution in [0, 0.1) is 6.92 Å². The van der Waals surface area contributed by atoms with E-state index in [4.69, 9.17) is 10.5 Å². The summed E-state index contributed by atoms with van der Waals surface area (Å²) in [5.41, 5.74) is 8.58. The van der Waals surface area contributed by atoms with Crippen molar-refractivity contribution >= 4 is 5.69 Å². The van der Waals surface area contributed by atoms with E-state index in [0.29, 0.717) is 6.54 Å². The SMILES string of the molecule is COC1(Cn2nnnc2-c2cccc(N)c2C)CCC1. The van der Waals surface area contributed by atoms with Gasteiger partial charge in [0, 0.05) is 18.4 Å². The average molecular weight is 273 g/mol. The first-order chi connectivity index (χ1) is 9.65. The van der Waals surface area contributed by atoms with Gasteiger partial charge in [-0.15, -0.1) is 5.10 Å². The zero-order valence-electron chi connectivity index (χ0n) is 11.8. The number of nitrogens with two attached hydrogens (primary N) is 1. The number of methoxy groups -OCH3 is 1. The van der Waals surface area contributed by atoms with E-state index in [0.717, 1.165) is 35.5 Å². The second-order valence-corrected chi connectivity index (χ2v) is 5.42. The monoisotopic (exact) mass is 273 g/mol. The smallest absolute Gasteiger partial charge is 0.182 e. The highest BCUT2D eigenvalue weighted by atomic mass is 16.5. The van der Waals surface area contributed by atoms with Crippen molar-refractivity contribution in [2.24, 2.45) is 0 Å². The molecule has 1 aliphatic carbocycles. The number of benzene rings is 1. The standard InChI is InChI=1S/C14H19N5O/c1-10-11(5-3-6-12(10)15)13-16-17-18-19(13)9-14(20-2)7-4-8-14/h3,5-6H,4,7-9,15H2,1-2H3. The van der Waals surface area contributed by atoms with Crippen molar-refractivity contribution in [2.45, 2.75) is 38.3 Å². The summed E-state index contributed by atoms with van der Waals surface area (Å²) in [5.74, 6) is 0.748. The summed E-state index contributed by atoms with van der Waals surface area (Å²) in [5, 5.41) is 12.1. The predicted octanol–water partition coefficient (Wildman–Crippen LogP) is 1.80. The van der Waals surface area contributed by atoms with Crippen LogP contribution in [0.5, 0.6) is 0 Å². The lowest BCUT2D eigenvalue weighted by Gasteiger charge is -2.40. The third-order valence-corrected chi connectivity index (χ3v) is 4.28. The second-order valence-electron chi connectivity index (χ2n) is 5.42. The van der Waals surface area contributed by atoms with Gasteiger partial charge < -0.3 is 10.5 Å². The Morgan fingerprint density at radius 3 is 2.85 bits per heavy atom. The van der Waals surface area contributed by atoms with Gasteiger partial charge in [-0.2, -0.15) is 0 Å². The summed E-state index contributed by atoms with van der Waals surface area (Å²) >= 11 is 0. The van der Waals surface area contributed by atoms with E-state index in [1.165, 1.54) is 6.42 Å². The summed E-state index contributed by atoms with van der Waals surface area (Å²) in [6, 6.07) is 5.80. The number of tetrazole rings is 1. The fourth-order valence-corrected chi connectivity index (χ4v) is 2.67. The minimum absolute atomic E-state index is 0.113. The van der Waals surface area contributed by atoms with Crippen molar-refractivity contribution in [3.63, 3.8) is 0 Å². The Morgan fingerprint density at radius 1 is 1.40 bits per heavy atom. The summed E-state index contributed by atoms with van der Waals surface area (Å²) < 4.78 is 7.47. The Bertz CT molecular complexity index is 612. The molecule has 0 bridgehead atoms. The largest absolute Gasteiger partial charge is 0.398 e. The molecule has 6 heteroatoms. The Labute approximate surface area is 117 Å². The number of nitrogens with zero attached hydrogens (tertiary/aromatic N) is 4. The molecule has 106 valence electrons. The molecule has 1 fully saturated rings. The third kappa shape index (κ3) is 2.06. The van der Waals surface area contributed by atoms with Crippen LogP contribution in [0.4, 0.5) is 5.69 Å². The fraction of sp³-hybridized carbons (Fsp3) is 0.500. The summed E-state index contributed by atoms with van der Waals surface area (Å²) in [7, 11) is 1.76. The molecule has 1 heterocycles. The van der Waals surface area contributed by atoms with Gasteiger partial charge in [0.2, 0.25) is 0 Å². The van der Waals surface area contributed by atoms with Crippen LogP contribution < -0.4 is 5.73 Å². The Morgan fingerprint density at radius 2 is 2.20 bits per heavy atom. The first-order valence-corrected chi connectivity index (χ1v) is 6.82. The van der Waals surface area contributed by atoms with Gasteiger partial charge in [-0.25, -0.2) is 4.68 Å². The molecule has 6 nitrogen and oxygen atoms in total. The van der Waals surface area contributed by atoms with Crippen molar-refractivity contribution < 1.29 is 4.74 Å². The molecule has 1 aliphatic rings. The molecule has 3 rings (SSSR count). The Balaban J connectivity index is 1.96. The Kier molecular flexibility index (Phi) is 3.17. The molecule has 1 aromatic heterocycles. The van der Waals surface area contributed by atoms with Gasteiger partial charge in [-0.1, -0.05) is 12.1 Å². The van der Waals surface area contributed by atoms with Gasteiger partial charge in [0.25, 0.3) is 0 Å². The van der Waals surface area contributed by atoms with Crippen molar-refractivity contribution in [3.8, 4) is 11.4 Å². The van der Waals surface area contributed by atoms with Crippen LogP contribution in [0.3, 0.4) is 0 Å². The quantitative estimate of drug-likeness (QED) is 0.859. The van der Waals surface area contributed by atoms with Gasteiger partial charge in [0.15, 0.2) is 5.82 Å². The van der Waals surface area contributed by atoms with Crippen LogP contribution in [0.2, 0.25) is 0 Å². The van der Waals surface area contributed by atoms with Crippen LogP contribution in [0.25, 0.3) is 11.4 Å². The first-order valence-electron chi connectivity index (χ1n) is 6.82. The van der Waals surface area contributed by atoms with Crippen LogP contribution in [0.1, 0.15) is 24.8 Å². The number of hydrogen-bond acceptors (Lipinski definition) is 5. The minimum Gasteiger partial charge on any atom is -0.398 e. The van der Waals surface area contributed by atoms with E-state index >= 15 is 0 Å². The third-order valence-electron chi connectivity index (χ3n) is 4.28. The van der Waals surface area contributed by atoms with E-state index in [9.17, 15) is 0 Å². The molecule has 1 aromatic carbocycles. The number of ether oxygens (including phenoxy) is 1. The van der Waals surface area contributed by atoms with E-state index < -0.39 is 0 Å². The predicted molar refractivity (Wildman–Crippen MR) is 76.0 cm³/mol. The Hall–Kier alpha value is -1.95. The van der Waals surface area contributed by atoms with Crippen LogP contribution >= 0.6 is 0 Å². The number of anilines is 1. The van der Waals surface area contributed by atoms with Crippen LogP contribution in [0.15, 0.2) is 18.2 Å². The van der Waals surface area contributed by atoms with E-state index in [2.05, 4.69) is 15.5 Å². The molecule has 0 unspecified atom stereocenters. The minimum atomic E-state index is -0.113. The maximum atomic E-state index is 5.97. The molecule has 1 saturated carbocycles. The topological polar surface area (TPSA) is 78.8 Å². The highest BCUT2D eigenvalue weighted by Gasteiger charge is 2.38. The maximum absolute atomic E-state index is 5.97. The van der Waals surface area contributed by atoms with Crippen molar-refractivity contribution in [3.05, 3.63) is 23.8 Å². The molecule has 0 saturated heterocycles. The molecule has 0 aliphatic heterocycles. The zero-order chi connectivity index (χ0) is 14.2. The van der Waals surface area contributed by atoms with Gasteiger partial charge in [0.1, 0.15) is 0 Å². The van der Waals surface area contributed by atoms with E-state index in [-0.39, 0.29) is 5.60 Å². The molecule has 0 radical (unpaired) electrons. The average Bonchev–Trinajstić information content (AvgIpc) is 2.85. The van der Waals surface area contributed by atoms with E-state index in [1.54, 1.807) is 7.11 Å².